The lowest BCUT2D eigenvalue weighted by Crippen LogP contribution is -2.34. The minimum Gasteiger partial charge on any atom is -0.493 e. The van der Waals surface area contributed by atoms with E-state index in [0.29, 0.717) is 18.7 Å². The van der Waals surface area contributed by atoms with Crippen LogP contribution in [0.1, 0.15) is 24.3 Å². The van der Waals surface area contributed by atoms with E-state index >= 15 is 0 Å². The summed E-state index contributed by atoms with van der Waals surface area (Å²) < 4.78 is 5.60. The molecule has 24 heavy (non-hydrogen) atoms. The van der Waals surface area contributed by atoms with Crippen molar-refractivity contribution >= 4 is 17.5 Å². The first kappa shape index (κ1) is 16.0. The first-order valence-corrected chi connectivity index (χ1v) is 7.90. The number of nitrogens with one attached hydrogen (secondary N) is 2. The molecule has 0 saturated carbocycles. The summed E-state index contributed by atoms with van der Waals surface area (Å²) in [5.74, 6) is 0.550. The summed E-state index contributed by atoms with van der Waals surface area (Å²) in [5, 5.41) is 5.35. The molecule has 1 unspecified atom stereocenters. The first-order valence-electron chi connectivity index (χ1n) is 7.90. The molecule has 2 aromatic rings. The van der Waals surface area contributed by atoms with Crippen molar-refractivity contribution in [3.8, 4) is 5.75 Å². The number of hydrogen-bond acceptors (Lipinski definition) is 4. The van der Waals surface area contributed by atoms with Crippen LogP contribution in [-0.2, 0) is 9.59 Å². The van der Waals surface area contributed by atoms with Gasteiger partial charge in [-0.3, -0.25) is 14.6 Å². The Morgan fingerprint density at radius 1 is 1.17 bits per heavy atom. The molecule has 2 heterocycles. The molecule has 0 bridgehead atoms. The number of ether oxygens (including phenoxy) is 1. The monoisotopic (exact) mass is 325 g/mol. The van der Waals surface area contributed by atoms with Gasteiger partial charge < -0.3 is 15.4 Å². The van der Waals surface area contributed by atoms with Crippen molar-refractivity contribution in [2.75, 3.05) is 18.5 Å². The lowest BCUT2D eigenvalue weighted by molar-refractivity contribution is -0.124. The molecule has 124 valence electrons. The number of aromatic nitrogens is 1. The number of benzene rings is 1. The summed E-state index contributed by atoms with van der Waals surface area (Å²) in [6, 6.07) is 11.2. The van der Waals surface area contributed by atoms with Crippen LogP contribution in [0.2, 0.25) is 0 Å². The summed E-state index contributed by atoms with van der Waals surface area (Å²) in [4.78, 5) is 27.9. The third kappa shape index (κ3) is 4.10. The molecule has 0 radical (unpaired) electrons. The van der Waals surface area contributed by atoms with E-state index in [2.05, 4.69) is 15.6 Å². The van der Waals surface area contributed by atoms with Crippen LogP contribution in [0.3, 0.4) is 0 Å². The number of carbonyl (C=O) groups is 2. The highest BCUT2D eigenvalue weighted by molar-refractivity contribution is 5.94. The number of hydrogen-bond donors (Lipinski definition) is 2. The van der Waals surface area contributed by atoms with Gasteiger partial charge in [-0.2, -0.15) is 0 Å². The average Bonchev–Trinajstić information content (AvgIpc) is 2.61. The maximum Gasteiger partial charge on any atom is 0.243 e. The minimum absolute atomic E-state index is 0.0569. The average molecular weight is 325 g/mol. The summed E-state index contributed by atoms with van der Waals surface area (Å²) in [5.41, 5.74) is 1.66. The second-order valence-electron chi connectivity index (χ2n) is 5.64. The van der Waals surface area contributed by atoms with Crippen molar-refractivity contribution < 1.29 is 14.3 Å². The number of pyridine rings is 1. The van der Waals surface area contributed by atoms with E-state index in [1.54, 1.807) is 24.5 Å². The van der Waals surface area contributed by atoms with Crippen LogP contribution >= 0.6 is 0 Å². The standard InChI is InChI=1S/C18H19N3O3/c22-17(20-12-18(23)21-14-4-3-8-19-11-14)10-13-7-9-24-16-6-2-1-5-15(13)16/h1-6,8,11,13H,7,9-10,12H2,(H,20,22)(H,21,23). The summed E-state index contributed by atoms with van der Waals surface area (Å²) in [7, 11) is 0. The van der Waals surface area contributed by atoms with E-state index in [1.165, 1.54) is 0 Å². The molecule has 1 aliphatic heterocycles. The molecule has 2 amide bonds. The van der Waals surface area contributed by atoms with Crippen molar-refractivity contribution in [1.82, 2.24) is 10.3 Å². The second kappa shape index (κ2) is 7.59. The number of anilines is 1. The number of carbonyl (C=O) groups excluding carboxylic acids is 2. The van der Waals surface area contributed by atoms with Gasteiger partial charge in [-0.1, -0.05) is 18.2 Å². The summed E-state index contributed by atoms with van der Waals surface area (Å²) in [6.45, 7) is 0.551. The molecule has 6 nitrogen and oxygen atoms in total. The van der Waals surface area contributed by atoms with E-state index in [0.717, 1.165) is 17.7 Å². The molecule has 1 aromatic heterocycles. The Bertz CT molecular complexity index is 718. The van der Waals surface area contributed by atoms with Crippen LogP contribution in [0.15, 0.2) is 48.8 Å². The first-order chi connectivity index (χ1) is 11.7. The molecule has 0 aliphatic carbocycles. The Morgan fingerprint density at radius 2 is 2.04 bits per heavy atom. The Labute approximate surface area is 140 Å². The zero-order valence-corrected chi connectivity index (χ0v) is 13.2. The predicted octanol–water partition coefficient (Wildman–Crippen LogP) is 2.09. The van der Waals surface area contributed by atoms with Crippen LogP contribution in [0, 0.1) is 0 Å². The Hall–Kier alpha value is -2.89. The van der Waals surface area contributed by atoms with Gasteiger partial charge in [0.15, 0.2) is 0 Å². The highest BCUT2D eigenvalue weighted by Gasteiger charge is 2.23. The normalized spacial score (nSPS) is 15.8. The molecular weight excluding hydrogens is 306 g/mol. The van der Waals surface area contributed by atoms with E-state index in [4.69, 9.17) is 4.74 Å². The summed E-state index contributed by atoms with van der Waals surface area (Å²) in [6.07, 6.45) is 4.33. The zero-order chi connectivity index (χ0) is 16.8. The van der Waals surface area contributed by atoms with E-state index in [9.17, 15) is 9.59 Å². The third-order valence-corrected chi connectivity index (χ3v) is 3.91. The van der Waals surface area contributed by atoms with Gasteiger partial charge in [-0.15, -0.1) is 0 Å². The van der Waals surface area contributed by atoms with Gasteiger partial charge in [0.05, 0.1) is 25.0 Å². The lowest BCUT2D eigenvalue weighted by atomic mass is 9.90. The lowest BCUT2D eigenvalue weighted by Gasteiger charge is -2.25. The van der Waals surface area contributed by atoms with Gasteiger partial charge in [0.2, 0.25) is 11.8 Å². The van der Waals surface area contributed by atoms with Crippen molar-refractivity contribution in [2.45, 2.75) is 18.8 Å². The van der Waals surface area contributed by atoms with Crippen molar-refractivity contribution in [3.63, 3.8) is 0 Å². The molecule has 1 aromatic carbocycles. The smallest absolute Gasteiger partial charge is 0.243 e. The molecular formula is C18H19N3O3. The van der Waals surface area contributed by atoms with Crippen molar-refractivity contribution in [3.05, 3.63) is 54.4 Å². The van der Waals surface area contributed by atoms with Crippen molar-refractivity contribution in [1.29, 1.82) is 0 Å². The quantitative estimate of drug-likeness (QED) is 0.882. The molecule has 1 atom stereocenters. The Kier molecular flexibility index (Phi) is 5.05. The van der Waals surface area contributed by atoms with Gasteiger partial charge in [0.1, 0.15) is 5.75 Å². The fourth-order valence-corrected chi connectivity index (χ4v) is 2.74. The van der Waals surface area contributed by atoms with Crippen LogP contribution in [0.25, 0.3) is 0 Å². The predicted molar refractivity (Wildman–Crippen MR) is 89.8 cm³/mol. The van der Waals surface area contributed by atoms with E-state index in [-0.39, 0.29) is 24.3 Å². The van der Waals surface area contributed by atoms with Crippen LogP contribution < -0.4 is 15.4 Å². The fraction of sp³-hybridized carbons (Fsp3) is 0.278. The number of rotatable bonds is 5. The maximum atomic E-state index is 12.1. The largest absolute Gasteiger partial charge is 0.493 e. The number of fused-ring (bicyclic) bond motifs is 1. The van der Waals surface area contributed by atoms with Crippen LogP contribution in [0.4, 0.5) is 5.69 Å². The highest BCUT2D eigenvalue weighted by Crippen LogP contribution is 2.35. The third-order valence-electron chi connectivity index (χ3n) is 3.91. The van der Waals surface area contributed by atoms with Gasteiger partial charge in [-0.05, 0) is 36.1 Å². The number of amides is 2. The molecule has 0 spiro atoms. The Balaban J connectivity index is 1.49. The molecule has 0 fully saturated rings. The van der Waals surface area contributed by atoms with Gasteiger partial charge >= 0.3 is 0 Å². The number of nitrogens with zero attached hydrogens (tertiary/aromatic N) is 1. The van der Waals surface area contributed by atoms with Crippen LogP contribution in [-0.4, -0.2) is 29.9 Å². The van der Waals surface area contributed by atoms with Gasteiger partial charge in [0.25, 0.3) is 0 Å². The minimum atomic E-state index is -0.274. The fourth-order valence-electron chi connectivity index (χ4n) is 2.74. The zero-order valence-electron chi connectivity index (χ0n) is 13.2. The van der Waals surface area contributed by atoms with Crippen LogP contribution in [0.5, 0.6) is 5.75 Å². The topological polar surface area (TPSA) is 80.3 Å². The number of para-hydroxylation sites is 1. The molecule has 2 N–H and O–H groups in total. The molecule has 1 aliphatic rings. The second-order valence-corrected chi connectivity index (χ2v) is 5.64. The molecule has 3 rings (SSSR count). The summed E-state index contributed by atoms with van der Waals surface area (Å²) >= 11 is 0. The van der Waals surface area contributed by atoms with Crippen molar-refractivity contribution in [2.24, 2.45) is 0 Å². The van der Waals surface area contributed by atoms with Gasteiger partial charge in [-0.25, -0.2) is 0 Å². The SMILES string of the molecule is O=C(CC1CCOc2ccccc21)NCC(=O)Nc1cccnc1. The highest BCUT2D eigenvalue weighted by atomic mass is 16.5. The Morgan fingerprint density at radius 3 is 2.88 bits per heavy atom. The van der Waals surface area contributed by atoms with E-state index in [1.807, 2.05) is 24.3 Å². The van der Waals surface area contributed by atoms with Gasteiger partial charge in [0, 0.05) is 12.6 Å². The van der Waals surface area contributed by atoms with E-state index < -0.39 is 0 Å². The molecule has 0 saturated heterocycles. The molecule has 6 heteroatoms. The maximum absolute atomic E-state index is 12.1.